The number of carbonyl (C=O) groups is 1. The third-order valence-corrected chi connectivity index (χ3v) is 6.45. The molecule has 1 saturated carbocycles. The van der Waals surface area contributed by atoms with Crippen LogP contribution in [0, 0.1) is 5.92 Å². The lowest BCUT2D eigenvalue weighted by Crippen LogP contribution is -2.40. The highest BCUT2D eigenvalue weighted by Crippen LogP contribution is 2.29. The largest absolute Gasteiger partial charge is 0.497 e. The molecule has 1 amide bonds. The first-order valence-corrected chi connectivity index (χ1v) is 11.5. The van der Waals surface area contributed by atoms with Gasteiger partial charge in [0, 0.05) is 35.8 Å². The molecule has 3 aromatic rings. The number of hydrogen-bond donors (Lipinski definition) is 1. The number of amides is 1. The quantitative estimate of drug-likeness (QED) is 0.615. The van der Waals surface area contributed by atoms with E-state index in [0.717, 1.165) is 68.0 Å². The van der Waals surface area contributed by atoms with Crippen molar-refractivity contribution in [2.75, 3.05) is 20.2 Å². The molecule has 0 spiro atoms. The fourth-order valence-corrected chi connectivity index (χ4v) is 4.37. The summed E-state index contributed by atoms with van der Waals surface area (Å²) in [6.07, 6.45) is 6.27. The van der Waals surface area contributed by atoms with Crippen molar-refractivity contribution in [2.45, 2.75) is 38.3 Å². The second-order valence-electron chi connectivity index (χ2n) is 8.84. The summed E-state index contributed by atoms with van der Waals surface area (Å²) in [7, 11) is 1.68. The second-order valence-corrected chi connectivity index (χ2v) is 8.84. The summed E-state index contributed by atoms with van der Waals surface area (Å²) < 4.78 is 7.29. The number of nitrogens with one attached hydrogen (secondary N) is 1. The minimum atomic E-state index is 0.153. The first-order valence-electron chi connectivity index (χ1n) is 11.5. The molecule has 2 heterocycles. The van der Waals surface area contributed by atoms with Gasteiger partial charge in [0.25, 0.3) is 0 Å². The van der Waals surface area contributed by atoms with E-state index < -0.39 is 0 Å². The third kappa shape index (κ3) is 4.70. The molecule has 32 heavy (non-hydrogen) atoms. The van der Waals surface area contributed by atoms with E-state index in [1.807, 2.05) is 35.0 Å². The number of carbonyl (C=O) groups excluding carboxylic acids is 1. The van der Waals surface area contributed by atoms with Crippen molar-refractivity contribution >= 4 is 5.91 Å². The van der Waals surface area contributed by atoms with Crippen molar-refractivity contribution in [2.24, 2.45) is 5.92 Å². The summed E-state index contributed by atoms with van der Waals surface area (Å²) in [6.45, 7) is 2.69. The van der Waals surface area contributed by atoms with Gasteiger partial charge < -0.3 is 10.1 Å². The number of aromatic nitrogens is 2. The van der Waals surface area contributed by atoms with Crippen molar-refractivity contribution in [3.05, 3.63) is 66.4 Å². The summed E-state index contributed by atoms with van der Waals surface area (Å²) in [4.78, 5) is 14.9. The van der Waals surface area contributed by atoms with E-state index in [9.17, 15) is 4.79 Å². The van der Waals surface area contributed by atoms with Gasteiger partial charge in [0.15, 0.2) is 0 Å². The predicted octanol–water partition coefficient (Wildman–Crippen LogP) is 4.04. The summed E-state index contributed by atoms with van der Waals surface area (Å²) in [5.41, 5.74) is 4.31. The number of methoxy groups -OCH3 is 1. The number of rotatable bonds is 7. The molecule has 1 aromatic heterocycles. The minimum Gasteiger partial charge on any atom is -0.497 e. The first-order chi connectivity index (χ1) is 15.7. The van der Waals surface area contributed by atoms with E-state index in [-0.39, 0.29) is 11.8 Å². The highest BCUT2D eigenvalue weighted by molar-refractivity contribution is 5.79. The van der Waals surface area contributed by atoms with Crippen LogP contribution in [0.5, 0.6) is 5.75 Å². The molecule has 6 nitrogen and oxygen atoms in total. The molecule has 1 saturated heterocycles. The Morgan fingerprint density at radius 3 is 2.41 bits per heavy atom. The summed E-state index contributed by atoms with van der Waals surface area (Å²) in [5, 5.41) is 8.11. The number of para-hydroxylation sites is 1. The Morgan fingerprint density at radius 1 is 1.03 bits per heavy atom. The number of nitrogens with zero attached hydrogens (tertiary/aromatic N) is 3. The Morgan fingerprint density at radius 2 is 1.75 bits per heavy atom. The lowest BCUT2D eigenvalue weighted by Gasteiger charge is -2.31. The van der Waals surface area contributed by atoms with Gasteiger partial charge in [-0.3, -0.25) is 9.69 Å². The van der Waals surface area contributed by atoms with Gasteiger partial charge in [0.05, 0.1) is 18.5 Å². The first kappa shape index (κ1) is 20.8. The van der Waals surface area contributed by atoms with Gasteiger partial charge >= 0.3 is 0 Å². The van der Waals surface area contributed by atoms with E-state index in [4.69, 9.17) is 9.84 Å². The molecule has 2 aliphatic rings. The zero-order valence-corrected chi connectivity index (χ0v) is 18.5. The Bertz CT molecular complexity index is 1050. The van der Waals surface area contributed by atoms with Gasteiger partial charge in [0.1, 0.15) is 5.75 Å². The summed E-state index contributed by atoms with van der Waals surface area (Å²) in [6, 6.07) is 18.7. The number of benzene rings is 2. The average molecular weight is 431 g/mol. The van der Waals surface area contributed by atoms with Crippen LogP contribution in [0.25, 0.3) is 16.9 Å². The highest BCUT2D eigenvalue weighted by atomic mass is 16.5. The van der Waals surface area contributed by atoms with Crippen LogP contribution in [0.15, 0.2) is 60.8 Å². The van der Waals surface area contributed by atoms with Crippen LogP contribution in [0.2, 0.25) is 0 Å². The SMILES string of the molecule is COc1ccc(-c2nn(-c3ccccc3)cc2CN2CCC(C(=O)NC3CC3)CC2)cc1. The monoisotopic (exact) mass is 430 g/mol. The van der Waals surface area contributed by atoms with E-state index in [0.29, 0.717) is 6.04 Å². The molecular formula is C26H30N4O2. The van der Waals surface area contributed by atoms with E-state index in [1.165, 1.54) is 5.56 Å². The normalized spacial score (nSPS) is 17.3. The number of piperidine rings is 1. The van der Waals surface area contributed by atoms with Crippen molar-refractivity contribution in [1.29, 1.82) is 0 Å². The van der Waals surface area contributed by atoms with Crippen LogP contribution in [0.3, 0.4) is 0 Å². The summed E-state index contributed by atoms with van der Waals surface area (Å²) >= 11 is 0. The Hall–Kier alpha value is -3.12. The molecule has 0 radical (unpaired) electrons. The lowest BCUT2D eigenvalue weighted by atomic mass is 9.95. The molecule has 1 aliphatic heterocycles. The number of likely N-dealkylation sites (tertiary alicyclic amines) is 1. The van der Waals surface area contributed by atoms with Gasteiger partial charge in [-0.1, -0.05) is 18.2 Å². The van der Waals surface area contributed by atoms with Gasteiger partial charge in [-0.25, -0.2) is 4.68 Å². The fourth-order valence-electron chi connectivity index (χ4n) is 4.37. The van der Waals surface area contributed by atoms with Crippen LogP contribution in [0.1, 0.15) is 31.2 Å². The van der Waals surface area contributed by atoms with Crippen LogP contribution in [-0.4, -0.2) is 46.8 Å². The molecule has 0 unspecified atom stereocenters. The van der Waals surface area contributed by atoms with Crippen molar-refractivity contribution < 1.29 is 9.53 Å². The minimum absolute atomic E-state index is 0.153. The van der Waals surface area contributed by atoms with Crippen LogP contribution >= 0.6 is 0 Å². The molecular weight excluding hydrogens is 400 g/mol. The Kier molecular flexibility index (Phi) is 5.95. The maximum absolute atomic E-state index is 12.4. The molecule has 5 rings (SSSR count). The molecule has 6 heteroatoms. The Balaban J connectivity index is 1.34. The van der Waals surface area contributed by atoms with E-state index >= 15 is 0 Å². The third-order valence-electron chi connectivity index (χ3n) is 6.45. The standard InChI is InChI=1S/C26H30N4O2/c1-32-24-11-7-19(8-12-24)25-21(18-30(28-25)23-5-3-2-4-6-23)17-29-15-13-20(14-16-29)26(31)27-22-9-10-22/h2-8,11-12,18,20,22H,9-10,13-17H2,1H3,(H,27,31). The van der Waals surface area contributed by atoms with Crippen molar-refractivity contribution in [3.8, 4) is 22.7 Å². The molecule has 2 aromatic carbocycles. The molecule has 2 fully saturated rings. The average Bonchev–Trinajstić information content (AvgIpc) is 3.56. The number of ether oxygens (including phenoxy) is 1. The van der Waals surface area contributed by atoms with Crippen LogP contribution in [0.4, 0.5) is 0 Å². The maximum atomic E-state index is 12.4. The van der Waals surface area contributed by atoms with E-state index in [2.05, 4.69) is 40.7 Å². The van der Waals surface area contributed by atoms with Crippen molar-refractivity contribution in [1.82, 2.24) is 20.0 Å². The van der Waals surface area contributed by atoms with Gasteiger partial charge in [-0.15, -0.1) is 0 Å². The van der Waals surface area contributed by atoms with Crippen molar-refractivity contribution in [3.63, 3.8) is 0 Å². The Labute approximate surface area is 189 Å². The zero-order valence-electron chi connectivity index (χ0n) is 18.5. The fraction of sp³-hybridized carbons (Fsp3) is 0.385. The van der Waals surface area contributed by atoms with E-state index in [1.54, 1.807) is 7.11 Å². The van der Waals surface area contributed by atoms with Crippen LogP contribution in [-0.2, 0) is 11.3 Å². The molecule has 0 atom stereocenters. The predicted molar refractivity (Wildman–Crippen MR) is 125 cm³/mol. The molecule has 166 valence electrons. The zero-order chi connectivity index (χ0) is 21.9. The second kappa shape index (κ2) is 9.17. The van der Waals surface area contributed by atoms with Crippen LogP contribution < -0.4 is 10.1 Å². The smallest absolute Gasteiger partial charge is 0.223 e. The molecule has 1 N–H and O–H groups in total. The maximum Gasteiger partial charge on any atom is 0.223 e. The van der Waals surface area contributed by atoms with Gasteiger partial charge in [-0.05, 0) is 75.2 Å². The summed E-state index contributed by atoms with van der Waals surface area (Å²) in [5.74, 6) is 1.24. The lowest BCUT2D eigenvalue weighted by molar-refractivity contribution is -0.126. The topological polar surface area (TPSA) is 59.4 Å². The number of hydrogen-bond acceptors (Lipinski definition) is 4. The van der Waals surface area contributed by atoms with Gasteiger partial charge in [0.2, 0.25) is 5.91 Å². The highest BCUT2D eigenvalue weighted by Gasteiger charge is 2.30. The molecule has 0 bridgehead atoms. The molecule has 1 aliphatic carbocycles. The van der Waals surface area contributed by atoms with Gasteiger partial charge in [-0.2, -0.15) is 5.10 Å².